The number of rotatable bonds is 7. The van der Waals surface area contributed by atoms with Crippen molar-refractivity contribution in [1.29, 1.82) is 0 Å². The molecule has 0 radical (unpaired) electrons. The lowest BCUT2D eigenvalue weighted by Crippen LogP contribution is -2.24. The Morgan fingerprint density at radius 2 is 1.89 bits per heavy atom. The predicted octanol–water partition coefficient (Wildman–Crippen LogP) is 3.33. The van der Waals surface area contributed by atoms with Crippen molar-refractivity contribution in [2.24, 2.45) is 0 Å². The molecule has 2 aromatic carbocycles. The van der Waals surface area contributed by atoms with Crippen molar-refractivity contribution in [3.8, 4) is 5.69 Å². The van der Waals surface area contributed by atoms with Crippen LogP contribution in [0.1, 0.15) is 5.56 Å². The second-order valence-electron chi connectivity index (χ2n) is 5.55. The van der Waals surface area contributed by atoms with E-state index in [2.05, 4.69) is 10.3 Å². The molecular formula is C18H15FN4O3S. The molecule has 0 bridgehead atoms. The molecule has 1 heterocycles. The Kier molecular flexibility index (Phi) is 5.82. The molecule has 7 nitrogen and oxygen atoms in total. The first kappa shape index (κ1) is 18.6. The fourth-order valence-electron chi connectivity index (χ4n) is 2.31. The molecule has 9 heteroatoms. The summed E-state index contributed by atoms with van der Waals surface area (Å²) in [7, 11) is 0. The molecule has 3 aromatic rings. The van der Waals surface area contributed by atoms with Gasteiger partial charge in [0.2, 0.25) is 5.91 Å². The van der Waals surface area contributed by atoms with E-state index in [4.69, 9.17) is 0 Å². The van der Waals surface area contributed by atoms with Crippen molar-refractivity contribution < 1.29 is 14.1 Å². The molecule has 0 aliphatic carbocycles. The van der Waals surface area contributed by atoms with Crippen LogP contribution in [0.15, 0.2) is 66.1 Å². The smallest absolute Gasteiger partial charge is 0.269 e. The van der Waals surface area contributed by atoms with E-state index >= 15 is 0 Å². The molecule has 0 saturated heterocycles. The van der Waals surface area contributed by atoms with Gasteiger partial charge in [0.15, 0.2) is 5.16 Å². The second kappa shape index (κ2) is 8.45. The van der Waals surface area contributed by atoms with Crippen LogP contribution in [0.3, 0.4) is 0 Å². The summed E-state index contributed by atoms with van der Waals surface area (Å²) in [5.74, 6) is -0.341. The molecule has 0 saturated carbocycles. The molecule has 138 valence electrons. The first-order valence-electron chi connectivity index (χ1n) is 7.95. The van der Waals surface area contributed by atoms with Crippen LogP contribution in [-0.4, -0.2) is 26.1 Å². The number of nitro groups is 1. The number of halogens is 1. The largest absolute Gasteiger partial charge is 0.351 e. The maximum absolute atomic E-state index is 12.9. The van der Waals surface area contributed by atoms with Gasteiger partial charge in [-0.25, -0.2) is 9.37 Å². The van der Waals surface area contributed by atoms with Crippen LogP contribution in [0.2, 0.25) is 0 Å². The first-order valence-corrected chi connectivity index (χ1v) is 8.93. The fourth-order valence-corrected chi connectivity index (χ4v) is 3.12. The minimum Gasteiger partial charge on any atom is -0.351 e. The summed E-state index contributed by atoms with van der Waals surface area (Å²) < 4.78 is 14.6. The molecule has 3 rings (SSSR count). The SMILES string of the molecule is O=C(CSc1nccn1-c1ccc([N+](=O)[O-])cc1)NCc1ccc(F)cc1. The van der Waals surface area contributed by atoms with E-state index in [0.717, 1.165) is 5.56 Å². The average Bonchev–Trinajstić information content (AvgIpc) is 3.14. The van der Waals surface area contributed by atoms with Crippen molar-refractivity contribution in [3.63, 3.8) is 0 Å². The molecule has 1 N–H and O–H groups in total. The van der Waals surface area contributed by atoms with Crippen LogP contribution in [0.5, 0.6) is 0 Å². The van der Waals surface area contributed by atoms with Gasteiger partial charge in [-0.15, -0.1) is 0 Å². The molecule has 1 amide bonds. The lowest BCUT2D eigenvalue weighted by Gasteiger charge is -2.08. The van der Waals surface area contributed by atoms with Gasteiger partial charge in [-0.3, -0.25) is 19.5 Å². The van der Waals surface area contributed by atoms with Crippen LogP contribution >= 0.6 is 11.8 Å². The Morgan fingerprint density at radius 1 is 1.19 bits per heavy atom. The number of hydrogen-bond acceptors (Lipinski definition) is 5. The number of nitrogens with one attached hydrogen (secondary N) is 1. The summed E-state index contributed by atoms with van der Waals surface area (Å²) >= 11 is 1.25. The number of benzene rings is 2. The highest BCUT2D eigenvalue weighted by molar-refractivity contribution is 7.99. The topological polar surface area (TPSA) is 90.1 Å². The number of aromatic nitrogens is 2. The highest BCUT2D eigenvalue weighted by Gasteiger charge is 2.11. The van der Waals surface area contributed by atoms with E-state index in [0.29, 0.717) is 17.4 Å². The van der Waals surface area contributed by atoms with Crippen LogP contribution in [0, 0.1) is 15.9 Å². The Bertz CT molecular complexity index is 942. The number of carbonyl (C=O) groups is 1. The third kappa shape index (κ3) is 4.91. The number of hydrogen-bond donors (Lipinski definition) is 1. The lowest BCUT2D eigenvalue weighted by atomic mass is 10.2. The summed E-state index contributed by atoms with van der Waals surface area (Å²) in [6.07, 6.45) is 3.32. The van der Waals surface area contributed by atoms with Gasteiger partial charge in [0.05, 0.1) is 10.7 Å². The van der Waals surface area contributed by atoms with E-state index < -0.39 is 4.92 Å². The summed E-state index contributed by atoms with van der Waals surface area (Å²) in [5, 5.41) is 14.1. The van der Waals surface area contributed by atoms with E-state index in [1.807, 2.05) is 0 Å². The van der Waals surface area contributed by atoms with Gasteiger partial charge in [0.25, 0.3) is 5.69 Å². The number of imidazole rings is 1. The quantitative estimate of drug-likeness (QED) is 0.382. The number of thioether (sulfide) groups is 1. The number of nitro benzene ring substituents is 1. The zero-order valence-electron chi connectivity index (χ0n) is 14.0. The second-order valence-corrected chi connectivity index (χ2v) is 6.49. The Balaban J connectivity index is 1.57. The molecule has 0 atom stereocenters. The zero-order valence-corrected chi connectivity index (χ0v) is 14.9. The number of amides is 1. The van der Waals surface area contributed by atoms with E-state index in [1.165, 1.54) is 36.0 Å². The third-order valence-electron chi connectivity index (χ3n) is 3.68. The Labute approximate surface area is 158 Å². The van der Waals surface area contributed by atoms with Gasteiger partial charge in [-0.2, -0.15) is 0 Å². The van der Waals surface area contributed by atoms with E-state index in [-0.39, 0.29) is 23.2 Å². The fraction of sp³-hybridized carbons (Fsp3) is 0.111. The van der Waals surface area contributed by atoms with Crippen LogP contribution < -0.4 is 5.32 Å². The summed E-state index contributed by atoms with van der Waals surface area (Å²) in [6, 6.07) is 12.0. The van der Waals surface area contributed by atoms with Gasteiger partial charge in [0.1, 0.15) is 5.82 Å². The van der Waals surface area contributed by atoms with Gasteiger partial charge in [0, 0.05) is 36.8 Å². The molecule has 0 aliphatic heterocycles. The summed E-state index contributed by atoms with van der Waals surface area (Å²) in [5.41, 5.74) is 1.53. The normalized spacial score (nSPS) is 10.6. The highest BCUT2D eigenvalue weighted by atomic mass is 32.2. The van der Waals surface area contributed by atoms with Crippen molar-refractivity contribution in [2.45, 2.75) is 11.7 Å². The van der Waals surface area contributed by atoms with E-state index in [9.17, 15) is 19.3 Å². The van der Waals surface area contributed by atoms with Crippen molar-refractivity contribution >= 4 is 23.4 Å². The predicted molar refractivity (Wildman–Crippen MR) is 99.2 cm³/mol. The monoisotopic (exact) mass is 386 g/mol. The minimum atomic E-state index is -0.460. The van der Waals surface area contributed by atoms with Crippen molar-refractivity contribution in [3.05, 3.63) is 82.4 Å². The molecule has 0 spiro atoms. The van der Waals surface area contributed by atoms with Crippen LogP contribution in [0.4, 0.5) is 10.1 Å². The van der Waals surface area contributed by atoms with Gasteiger partial charge >= 0.3 is 0 Å². The first-order chi connectivity index (χ1) is 13.0. The number of non-ortho nitro benzene ring substituents is 1. The molecule has 0 unspecified atom stereocenters. The van der Waals surface area contributed by atoms with Crippen molar-refractivity contribution in [1.82, 2.24) is 14.9 Å². The number of nitrogens with zero attached hydrogens (tertiary/aromatic N) is 3. The van der Waals surface area contributed by atoms with Gasteiger partial charge in [-0.05, 0) is 29.8 Å². The standard InChI is InChI=1S/C18H15FN4O3S/c19-14-3-1-13(2-4-14)11-21-17(24)12-27-18-20-9-10-22(18)15-5-7-16(8-6-15)23(25)26/h1-10H,11-12H2,(H,21,24). The van der Waals surface area contributed by atoms with Crippen LogP contribution in [0.25, 0.3) is 5.69 Å². The molecule has 0 fully saturated rings. The summed E-state index contributed by atoms with van der Waals surface area (Å²) in [6.45, 7) is 0.316. The minimum absolute atomic E-state index is 0.00763. The van der Waals surface area contributed by atoms with Crippen LogP contribution in [-0.2, 0) is 11.3 Å². The molecule has 0 aliphatic rings. The number of carbonyl (C=O) groups excluding carboxylic acids is 1. The third-order valence-corrected chi connectivity index (χ3v) is 4.65. The molecule has 1 aromatic heterocycles. The highest BCUT2D eigenvalue weighted by Crippen LogP contribution is 2.22. The lowest BCUT2D eigenvalue weighted by molar-refractivity contribution is -0.384. The Hall–Kier alpha value is -3.20. The summed E-state index contributed by atoms with van der Waals surface area (Å²) in [4.78, 5) is 26.5. The molecular weight excluding hydrogens is 371 g/mol. The van der Waals surface area contributed by atoms with Gasteiger partial charge < -0.3 is 5.32 Å². The molecule has 27 heavy (non-hydrogen) atoms. The Morgan fingerprint density at radius 3 is 2.56 bits per heavy atom. The van der Waals surface area contributed by atoms with Gasteiger partial charge in [-0.1, -0.05) is 23.9 Å². The maximum atomic E-state index is 12.9. The van der Waals surface area contributed by atoms with Crippen molar-refractivity contribution in [2.75, 3.05) is 5.75 Å². The average molecular weight is 386 g/mol. The maximum Gasteiger partial charge on any atom is 0.269 e. The zero-order chi connectivity index (χ0) is 19.2. The van der Waals surface area contributed by atoms with E-state index in [1.54, 1.807) is 41.2 Å².